The van der Waals surface area contributed by atoms with E-state index in [9.17, 15) is 4.79 Å². The van der Waals surface area contributed by atoms with Crippen molar-refractivity contribution in [3.05, 3.63) is 76.1 Å². The van der Waals surface area contributed by atoms with Crippen LogP contribution in [0.5, 0.6) is 0 Å². The highest BCUT2D eigenvalue weighted by molar-refractivity contribution is 5.77. The summed E-state index contributed by atoms with van der Waals surface area (Å²) in [5, 5.41) is 4.38. The highest BCUT2D eigenvalue weighted by atomic mass is 16.2. The molecule has 0 unspecified atom stereocenters. The molecule has 1 aromatic carbocycles. The zero-order valence-electron chi connectivity index (χ0n) is 18.9. The molecule has 162 valence electrons. The van der Waals surface area contributed by atoms with Crippen molar-refractivity contribution in [3.63, 3.8) is 0 Å². The molecule has 0 radical (unpaired) electrons. The number of benzene rings is 1. The molecule has 31 heavy (non-hydrogen) atoms. The van der Waals surface area contributed by atoms with E-state index in [2.05, 4.69) is 53.4 Å². The number of amides is 1. The van der Waals surface area contributed by atoms with Gasteiger partial charge in [0.25, 0.3) is 0 Å². The van der Waals surface area contributed by atoms with Crippen LogP contribution in [0.2, 0.25) is 0 Å². The second-order valence-corrected chi connectivity index (χ2v) is 8.57. The Hall–Kier alpha value is -3.02. The highest BCUT2D eigenvalue weighted by Crippen LogP contribution is 2.32. The molecule has 1 atom stereocenters. The van der Waals surface area contributed by atoms with E-state index in [-0.39, 0.29) is 11.9 Å². The number of rotatable bonds is 6. The fourth-order valence-corrected chi connectivity index (χ4v) is 4.56. The summed E-state index contributed by atoms with van der Waals surface area (Å²) < 4.78 is 1.82. The van der Waals surface area contributed by atoms with Crippen LogP contribution in [0.1, 0.15) is 65.0 Å². The normalized spacial score (nSPS) is 16.1. The maximum absolute atomic E-state index is 13.1. The zero-order chi connectivity index (χ0) is 22.0. The topological polar surface area (TPSA) is 63.9 Å². The lowest BCUT2D eigenvalue weighted by Crippen LogP contribution is -2.32. The first-order chi connectivity index (χ1) is 14.9. The Morgan fingerprint density at radius 1 is 1.10 bits per heavy atom. The highest BCUT2D eigenvalue weighted by Gasteiger charge is 2.31. The van der Waals surface area contributed by atoms with Gasteiger partial charge in [-0.05, 0) is 75.8 Å². The zero-order valence-corrected chi connectivity index (χ0v) is 18.9. The number of carbonyl (C=O) groups excluding carboxylic acids is 1. The number of carbonyl (C=O) groups is 1. The summed E-state index contributed by atoms with van der Waals surface area (Å²) in [5.74, 6) is 1.76. The Bertz CT molecular complexity index is 1090. The molecule has 1 amide bonds. The first-order valence-electron chi connectivity index (χ1n) is 11.1. The molecule has 0 saturated carbocycles. The van der Waals surface area contributed by atoms with Gasteiger partial charge in [-0.15, -0.1) is 0 Å². The number of aryl methyl sites for hydroxylation is 5. The van der Waals surface area contributed by atoms with E-state index >= 15 is 0 Å². The average Bonchev–Trinajstić information content (AvgIpc) is 3.34. The van der Waals surface area contributed by atoms with Gasteiger partial charge in [0.1, 0.15) is 11.6 Å². The molecule has 0 aliphatic carbocycles. The van der Waals surface area contributed by atoms with Crippen LogP contribution in [-0.4, -0.2) is 37.1 Å². The fourth-order valence-electron chi connectivity index (χ4n) is 4.56. The van der Waals surface area contributed by atoms with E-state index in [0.717, 1.165) is 48.8 Å². The number of aromatic nitrogens is 4. The van der Waals surface area contributed by atoms with Crippen molar-refractivity contribution in [2.24, 2.45) is 0 Å². The van der Waals surface area contributed by atoms with Crippen LogP contribution in [0, 0.1) is 27.7 Å². The number of hydrogen-bond donors (Lipinski definition) is 0. The summed E-state index contributed by atoms with van der Waals surface area (Å²) in [6.45, 7) is 9.35. The van der Waals surface area contributed by atoms with Crippen LogP contribution in [0.4, 0.5) is 0 Å². The minimum atomic E-state index is 0.0570. The summed E-state index contributed by atoms with van der Waals surface area (Å²) in [6, 6.07) is 12.9. The summed E-state index contributed by atoms with van der Waals surface area (Å²) in [7, 11) is 0. The van der Waals surface area contributed by atoms with E-state index in [1.165, 1.54) is 16.7 Å². The summed E-state index contributed by atoms with van der Waals surface area (Å²) in [4.78, 5) is 24.2. The molecule has 1 aliphatic rings. The molecule has 2 aromatic heterocycles. The van der Waals surface area contributed by atoms with Gasteiger partial charge in [-0.1, -0.05) is 24.3 Å². The Balaban J connectivity index is 1.50. The lowest BCUT2D eigenvalue weighted by atomic mass is 9.98. The Morgan fingerprint density at radius 2 is 1.90 bits per heavy atom. The molecule has 4 rings (SSSR count). The van der Waals surface area contributed by atoms with Crippen molar-refractivity contribution in [3.8, 4) is 0 Å². The van der Waals surface area contributed by atoms with Crippen LogP contribution < -0.4 is 0 Å². The molecule has 6 heteroatoms. The predicted octanol–water partition coefficient (Wildman–Crippen LogP) is 4.25. The van der Waals surface area contributed by atoms with E-state index in [0.29, 0.717) is 13.0 Å². The maximum atomic E-state index is 13.1. The summed E-state index contributed by atoms with van der Waals surface area (Å²) >= 11 is 0. The van der Waals surface area contributed by atoms with E-state index in [4.69, 9.17) is 4.98 Å². The second kappa shape index (κ2) is 9.00. The molecule has 1 saturated heterocycles. The van der Waals surface area contributed by atoms with E-state index < -0.39 is 0 Å². The Morgan fingerprint density at radius 3 is 2.65 bits per heavy atom. The second-order valence-electron chi connectivity index (χ2n) is 8.57. The SMILES string of the molecule is Cc1cc(Cc2ccccc2C)cc([C@H]2CCCN2C(=O)CCn2nc(C)nc2C)n1. The first-order valence-corrected chi connectivity index (χ1v) is 11.1. The summed E-state index contributed by atoms with van der Waals surface area (Å²) in [5.41, 5.74) is 5.91. The van der Waals surface area contributed by atoms with Gasteiger partial charge in [-0.25, -0.2) is 9.67 Å². The van der Waals surface area contributed by atoms with Gasteiger partial charge in [-0.2, -0.15) is 5.10 Å². The van der Waals surface area contributed by atoms with Crippen molar-refractivity contribution in [1.29, 1.82) is 0 Å². The van der Waals surface area contributed by atoms with Gasteiger partial charge in [-0.3, -0.25) is 9.78 Å². The van der Waals surface area contributed by atoms with Gasteiger partial charge < -0.3 is 4.90 Å². The van der Waals surface area contributed by atoms with E-state index in [1.54, 1.807) is 0 Å². The molecule has 1 fully saturated rings. The van der Waals surface area contributed by atoms with Crippen molar-refractivity contribution in [2.45, 2.75) is 66.0 Å². The van der Waals surface area contributed by atoms with Crippen molar-refractivity contribution in [2.75, 3.05) is 6.54 Å². The largest absolute Gasteiger partial charge is 0.334 e. The average molecular weight is 418 g/mol. The lowest BCUT2D eigenvalue weighted by molar-refractivity contribution is -0.132. The van der Waals surface area contributed by atoms with Gasteiger partial charge in [0.2, 0.25) is 5.91 Å². The van der Waals surface area contributed by atoms with Gasteiger partial charge in [0.15, 0.2) is 0 Å². The number of hydrogen-bond acceptors (Lipinski definition) is 4. The van der Waals surface area contributed by atoms with Crippen molar-refractivity contribution in [1.82, 2.24) is 24.6 Å². The lowest BCUT2D eigenvalue weighted by Gasteiger charge is -2.25. The third kappa shape index (κ3) is 4.84. The molecule has 0 bridgehead atoms. The van der Waals surface area contributed by atoms with Crippen molar-refractivity contribution < 1.29 is 4.79 Å². The molecule has 3 heterocycles. The standard InChI is InChI=1S/C25H31N5O/c1-17-8-5-6-9-22(17)15-21-14-18(2)26-23(16-21)24-10-7-12-29(24)25(31)11-13-30-20(4)27-19(3)28-30/h5-6,8-9,14,16,24H,7,10-13,15H2,1-4H3/t24-/m1/s1. The van der Waals surface area contributed by atoms with Crippen LogP contribution in [0.25, 0.3) is 0 Å². The maximum Gasteiger partial charge on any atom is 0.225 e. The Kier molecular flexibility index (Phi) is 6.16. The monoisotopic (exact) mass is 417 g/mol. The number of pyridine rings is 1. The van der Waals surface area contributed by atoms with Crippen LogP contribution in [0.15, 0.2) is 36.4 Å². The predicted molar refractivity (Wildman–Crippen MR) is 121 cm³/mol. The fraction of sp³-hybridized carbons (Fsp3) is 0.440. The molecule has 6 nitrogen and oxygen atoms in total. The Labute approximate surface area is 184 Å². The summed E-state index contributed by atoms with van der Waals surface area (Å²) in [6.07, 6.45) is 3.30. The minimum Gasteiger partial charge on any atom is -0.334 e. The molecule has 0 spiro atoms. The number of nitrogens with zero attached hydrogens (tertiary/aromatic N) is 5. The minimum absolute atomic E-state index is 0.0570. The van der Waals surface area contributed by atoms with Gasteiger partial charge in [0, 0.05) is 18.7 Å². The molecule has 1 aliphatic heterocycles. The third-order valence-corrected chi connectivity index (χ3v) is 6.10. The smallest absolute Gasteiger partial charge is 0.225 e. The molecular formula is C25H31N5O. The van der Waals surface area contributed by atoms with Crippen LogP contribution in [-0.2, 0) is 17.8 Å². The van der Waals surface area contributed by atoms with Gasteiger partial charge >= 0.3 is 0 Å². The quantitative estimate of drug-likeness (QED) is 0.601. The van der Waals surface area contributed by atoms with Crippen molar-refractivity contribution >= 4 is 5.91 Å². The first kappa shape index (κ1) is 21.2. The molecular weight excluding hydrogens is 386 g/mol. The molecule has 0 N–H and O–H groups in total. The van der Waals surface area contributed by atoms with Crippen LogP contribution >= 0.6 is 0 Å². The third-order valence-electron chi connectivity index (χ3n) is 6.10. The number of likely N-dealkylation sites (tertiary alicyclic amines) is 1. The molecule has 3 aromatic rings. The van der Waals surface area contributed by atoms with Crippen LogP contribution in [0.3, 0.4) is 0 Å². The van der Waals surface area contributed by atoms with Gasteiger partial charge in [0.05, 0.1) is 18.3 Å². The van der Waals surface area contributed by atoms with E-state index in [1.807, 2.05) is 30.4 Å².